The molecule has 0 aliphatic carbocycles. The van der Waals surface area contributed by atoms with Crippen LogP contribution in [0.25, 0.3) is 6.08 Å². The van der Waals surface area contributed by atoms with Crippen molar-refractivity contribution in [2.24, 2.45) is 0 Å². The number of carbonyl (C=O) groups excluding carboxylic acids is 2. The first kappa shape index (κ1) is 18.9. The molecule has 0 aliphatic heterocycles. The van der Waals surface area contributed by atoms with Crippen LogP contribution in [-0.2, 0) is 14.3 Å². The van der Waals surface area contributed by atoms with Crippen molar-refractivity contribution < 1.29 is 14.3 Å². The highest BCUT2D eigenvalue weighted by atomic mass is 32.1. The van der Waals surface area contributed by atoms with Gasteiger partial charge in [0, 0.05) is 16.6 Å². The molecule has 0 aliphatic rings. The van der Waals surface area contributed by atoms with Gasteiger partial charge in [0.15, 0.2) is 6.10 Å². The molecule has 0 saturated carbocycles. The molecular formula is C20H23NO3S. The quantitative estimate of drug-likeness (QED) is 0.599. The minimum atomic E-state index is -0.875. The first-order valence-corrected chi connectivity index (χ1v) is 9.09. The van der Waals surface area contributed by atoms with E-state index in [0.717, 1.165) is 21.7 Å². The van der Waals surface area contributed by atoms with Crippen molar-refractivity contribution in [3.05, 3.63) is 57.8 Å². The zero-order valence-corrected chi connectivity index (χ0v) is 15.7. The van der Waals surface area contributed by atoms with E-state index in [9.17, 15) is 9.59 Å². The molecule has 1 heterocycles. The van der Waals surface area contributed by atoms with Crippen LogP contribution in [-0.4, -0.2) is 18.0 Å². The van der Waals surface area contributed by atoms with Gasteiger partial charge in [-0.15, -0.1) is 11.3 Å². The van der Waals surface area contributed by atoms with Gasteiger partial charge in [-0.25, -0.2) is 4.79 Å². The molecule has 1 aromatic heterocycles. The number of amides is 1. The molecule has 25 heavy (non-hydrogen) atoms. The fourth-order valence-corrected chi connectivity index (χ4v) is 2.99. The van der Waals surface area contributed by atoms with Gasteiger partial charge in [0.25, 0.3) is 5.91 Å². The molecule has 1 N–H and O–H groups in total. The van der Waals surface area contributed by atoms with Crippen LogP contribution in [0.2, 0.25) is 0 Å². The fraction of sp³-hybridized carbons (Fsp3) is 0.300. The summed E-state index contributed by atoms with van der Waals surface area (Å²) in [5.41, 5.74) is 2.83. The predicted octanol–water partition coefficient (Wildman–Crippen LogP) is 4.76. The van der Waals surface area contributed by atoms with Crippen LogP contribution in [0.15, 0.2) is 41.8 Å². The van der Waals surface area contributed by atoms with Crippen molar-refractivity contribution in [3.8, 4) is 0 Å². The Bertz CT molecular complexity index is 763. The Kier molecular flexibility index (Phi) is 6.53. The van der Waals surface area contributed by atoms with Crippen molar-refractivity contribution in [2.45, 2.75) is 39.7 Å². The van der Waals surface area contributed by atoms with Crippen LogP contribution in [0, 0.1) is 6.92 Å². The number of hydrogen-bond acceptors (Lipinski definition) is 4. The number of nitrogens with one attached hydrogen (secondary N) is 1. The molecule has 1 aromatic carbocycles. The van der Waals surface area contributed by atoms with Crippen LogP contribution in [0.5, 0.6) is 0 Å². The molecular weight excluding hydrogens is 334 g/mol. The van der Waals surface area contributed by atoms with Crippen LogP contribution in [0.4, 0.5) is 5.69 Å². The summed E-state index contributed by atoms with van der Waals surface area (Å²) in [6.45, 7) is 7.66. The van der Waals surface area contributed by atoms with Crippen LogP contribution in [0.3, 0.4) is 0 Å². The molecule has 132 valence electrons. The molecule has 1 amide bonds. The summed E-state index contributed by atoms with van der Waals surface area (Å²) < 4.78 is 5.19. The lowest BCUT2D eigenvalue weighted by Crippen LogP contribution is -2.30. The lowest BCUT2D eigenvalue weighted by molar-refractivity contribution is -0.148. The highest BCUT2D eigenvalue weighted by Crippen LogP contribution is 2.27. The van der Waals surface area contributed by atoms with Crippen molar-refractivity contribution in [1.82, 2.24) is 0 Å². The third-order valence-corrected chi connectivity index (χ3v) is 4.60. The SMILES string of the molecule is Cc1cccc(C(C)C)c1NC(=O)[C@H](C)OC(=O)/C=C/c1cccs1. The number of para-hydroxylation sites is 1. The van der Waals surface area contributed by atoms with E-state index in [0.29, 0.717) is 0 Å². The first-order chi connectivity index (χ1) is 11.9. The summed E-state index contributed by atoms with van der Waals surface area (Å²) >= 11 is 1.52. The van der Waals surface area contributed by atoms with E-state index in [1.54, 1.807) is 13.0 Å². The number of anilines is 1. The molecule has 0 saturated heterocycles. The van der Waals surface area contributed by atoms with Gasteiger partial charge in [0.2, 0.25) is 0 Å². The van der Waals surface area contributed by atoms with E-state index in [1.165, 1.54) is 17.4 Å². The van der Waals surface area contributed by atoms with Gasteiger partial charge < -0.3 is 10.1 Å². The van der Waals surface area contributed by atoms with Gasteiger partial charge in [-0.3, -0.25) is 4.79 Å². The lowest BCUT2D eigenvalue weighted by atomic mass is 9.98. The third kappa shape index (κ3) is 5.29. The van der Waals surface area contributed by atoms with E-state index < -0.39 is 12.1 Å². The normalized spacial score (nSPS) is 12.4. The van der Waals surface area contributed by atoms with E-state index in [-0.39, 0.29) is 11.8 Å². The topological polar surface area (TPSA) is 55.4 Å². The van der Waals surface area contributed by atoms with Gasteiger partial charge in [-0.1, -0.05) is 38.1 Å². The number of carbonyl (C=O) groups is 2. The number of aryl methyl sites for hydroxylation is 1. The van der Waals surface area contributed by atoms with E-state index >= 15 is 0 Å². The third-order valence-electron chi connectivity index (χ3n) is 3.76. The van der Waals surface area contributed by atoms with Gasteiger partial charge in [0.05, 0.1) is 0 Å². The Morgan fingerprint density at radius 2 is 1.92 bits per heavy atom. The summed E-state index contributed by atoms with van der Waals surface area (Å²) in [7, 11) is 0. The van der Waals surface area contributed by atoms with E-state index in [2.05, 4.69) is 19.2 Å². The minimum Gasteiger partial charge on any atom is -0.449 e. The molecule has 4 nitrogen and oxygen atoms in total. The van der Waals surface area contributed by atoms with Crippen molar-refractivity contribution in [2.75, 3.05) is 5.32 Å². The van der Waals surface area contributed by atoms with Crippen molar-refractivity contribution in [1.29, 1.82) is 0 Å². The van der Waals surface area contributed by atoms with Gasteiger partial charge >= 0.3 is 5.97 Å². The zero-order valence-electron chi connectivity index (χ0n) is 14.9. The largest absolute Gasteiger partial charge is 0.449 e. The number of thiophene rings is 1. The van der Waals surface area contributed by atoms with E-state index in [4.69, 9.17) is 4.74 Å². The molecule has 0 bridgehead atoms. The van der Waals surface area contributed by atoms with Crippen molar-refractivity contribution >= 4 is 35.0 Å². The summed E-state index contributed by atoms with van der Waals surface area (Å²) in [6, 6.07) is 9.71. The van der Waals surface area contributed by atoms with Crippen LogP contribution in [0.1, 0.15) is 42.7 Å². The Hall–Kier alpha value is -2.40. The molecule has 2 rings (SSSR count). The number of ether oxygens (including phenoxy) is 1. The number of esters is 1. The fourth-order valence-electron chi connectivity index (χ4n) is 2.37. The summed E-state index contributed by atoms with van der Waals surface area (Å²) in [6.07, 6.45) is 2.14. The number of rotatable bonds is 6. The smallest absolute Gasteiger partial charge is 0.331 e. The van der Waals surface area contributed by atoms with E-state index in [1.807, 2.05) is 42.6 Å². The highest BCUT2D eigenvalue weighted by Gasteiger charge is 2.19. The highest BCUT2D eigenvalue weighted by molar-refractivity contribution is 7.10. The monoisotopic (exact) mass is 357 g/mol. The maximum Gasteiger partial charge on any atom is 0.331 e. The maximum absolute atomic E-state index is 12.4. The summed E-state index contributed by atoms with van der Waals surface area (Å²) in [5, 5.41) is 4.82. The second kappa shape index (κ2) is 8.62. The van der Waals surface area contributed by atoms with Gasteiger partial charge in [-0.2, -0.15) is 0 Å². The molecule has 0 fully saturated rings. The molecule has 0 radical (unpaired) electrons. The Morgan fingerprint density at radius 1 is 1.16 bits per heavy atom. The summed E-state index contributed by atoms with van der Waals surface area (Å²) in [5.74, 6) is -0.597. The first-order valence-electron chi connectivity index (χ1n) is 8.21. The van der Waals surface area contributed by atoms with Crippen LogP contribution < -0.4 is 5.32 Å². The minimum absolute atomic E-state index is 0.279. The molecule has 0 spiro atoms. The van der Waals surface area contributed by atoms with Crippen LogP contribution >= 0.6 is 11.3 Å². The standard InChI is InChI=1S/C20H23NO3S/c1-13(2)17-9-5-7-14(3)19(17)21-20(23)15(4)24-18(22)11-10-16-8-6-12-25-16/h5-13,15H,1-4H3,(H,21,23)/b11-10+/t15-/m0/s1. The lowest BCUT2D eigenvalue weighted by Gasteiger charge is -2.18. The molecule has 1 atom stereocenters. The van der Waals surface area contributed by atoms with Gasteiger partial charge in [0.1, 0.15) is 0 Å². The summed E-state index contributed by atoms with van der Waals surface area (Å²) in [4.78, 5) is 25.2. The molecule has 5 heteroatoms. The average molecular weight is 357 g/mol. The maximum atomic E-state index is 12.4. The average Bonchev–Trinajstić information content (AvgIpc) is 3.07. The van der Waals surface area contributed by atoms with Gasteiger partial charge in [-0.05, 0) is 48.4 Å². The Balaban J connectivity index is 2.00. The molecule has 0 unspecified atom stereocenters. The Labute approximate surface area is 152 Å². The Morgan fingerprint density at radius 3 is 2.56 bits per heavy atom. The zero-order chi connectivity index (χ0) is 18.4. The second-order valence-electron chi connectivity index (χ2n) is 6.11. The van der Waals surface area contributed by atoms with Crippen molar-refractivity contribution in [3.63, 3.8) is 0 Å². The predicted molar refractivity (Wildman–Crippen MR) is 103 cm³/mol. The second-order valence-corrected chi connectivity index (χ2v) is 7.09. The molecule has 2 aromatic rings. The number of hydrogen-bond donors (Lipinski definition) is 1. The number of benzene rings is 1.